The van der Waals surface area contributed by atoms with Gasteiger partial charge in [0.25, 0.3) is 0 Å². The van der Waals surface area contributed by atoms with Crippen molar-refractivity contribution in [3.63, 3.8) is 0 Å². The van der Waals surface area contributed by atoms with E-state index in [4.69, 9.17) is 5.11 Å². The molecule has 0 aliphatic carbocycles. The first kappa shape index (κ1) is 33.1. The molecular formula is C42H53N2+. The van der Waals surface area contributed by atoms with E-state index in [2.05, 4.69) is 137 Å². The minimum Gasteiger partial charge on any atom is -0.0882 e. The van der Waals surface area contributed by atoms with Gasteiger partial charge in [-0.25, -0.2) is 0 Å². The van der Waals surface area contributed by atoms with E-state index in [1.807, 2.05) is 0 Å². The Bertz CT molecular complexity index is 1540. The lowest BCUT2D eigenvalue weighted by molar-refractivity contribution is -0.539. The van der Waals surface area contributed by atoms with Crippen molar-refractivity contribution in [2.45, 2.75) is 99.3 Å². The molecule has 230 valence electrons. The second-order valence-corrected chi connectivity index (χ2v) is 12.0. The third-order valence-electron chi connectivity index (χ3n) is 8.90. The summed E-state index contributed by atoms with van der Waals surface area (Å²) in [6.07, 6.45) is 13.4. The minimum atomic E-state index is 0.816. The van der Waals surface area contributed by atoms with Gasteiger partial charge >= 0.3 is 0 Å². The van der Waals surface area contributed by atoms with Crippen molar-refractivity contribution in [2.24, 2.45) is 5.11 Å². The molecule has 2 nitrogen and oxygen atoms in total. The summed E-state index contributed by atoms with van der Waals surface area (Å²) in [5.41, 5.74) is 14.3. The summed E-state index contributed by atoms with van der Waals surface area (Å²) in [6, 6.07) is 31.0. The second-order valence-electron chi connectivity index (χ2n) is 12.0. The molecule has 0 radical (unpaired) electrons. The van der Waals surface area contributed by atoms with Crippen LogP contribution in [0.5, 0.6) is 0 Å². The molecule has 0 saturated carbocycles. The number of aryl methyl sites for hydroxylation is 2. The van der Waals surface area contributed by atoms with E-state index in [1.54, 1.807) is 0 Å². The van der Waals surface area contributed by atoms with Crippen LogP contribution >= 0.6 is 0 Å². The van der Waals surface area contributed by atoms with Gasteiger partial charge in [0.2, 0.25) is 5.70 Å². The van der Waals surface area contributed by atoms with Gasteiger partial charge < -0.3 is 0 Å². The van der Waals surface area contributed by atoms with Gasteiger partial charge in [-0.3, -0.25) is 0 Å². The van der Waals surface area contributed by atoms with Crippen molar-refractivity contribution in [2.75, 3.05) is 6.54 Å². The first-order valence-electron chi connectivity index (χ1n) is 17.1. The van der Waals surface area contributed by atoms with Gasteiger partial charge in [-0.05, 0) is 113 Å². The smallest absolute Gasteiger partial charge is 0.0882 e. The zero-order valence-electron chi connectivity index (χ0n) is 28.1. The van der Waals surface area contributed by atoms with Gasteiger partial charge in [0.05, 0.1) is 0 Å². The Morgan fingerprint density at radius 2 is 1.34 bits per heavy atom. The topological polar surface area (TPSA) is 15.4 Å². The summed E-state index contributed by atoms with van der Waals surface area (Å²) < 4.78 is 2.20. The molecule has 0 aliphatic heterocycles. The fraction of sp³-hybridized carbons (Fsp3) is 0.381. The largest absolute Gasteiger partial charge is 0.208 e. The van der Waals surface area contributed by atoms with Crippen LogP contribution in [0.4, 0.5) is 5.69 Å². The molecular weight excluding hydrogens is 532 g/mol. The monoisotopic (exact) mass is 585 g/mol. The second kappa shape index (κ2) is 16.9. The molecule has 44 heavy (non-hydrogen) atoms. The molecule has 0 unspecified atom stereocenters. The summed E-state index contributed by atoms with van der Waals surface area (Å²) >= 11 is 0. The molecule has 0 aliphatic rings. The molecule has 2 heteroatoms. The van der Waals surface area contributed by atoms with Crippen LogP contribution in [0.15, 0.2) is 95.7 Å². The van der Waals surface area contributed by atoms with E-state index < -0.39 is 0 Å². The Morgan fingerprint density at radius 1 is 0.705 bits per heavy atom. The van der Waals surface area contributed by atoms with Crippen LogP contribution in [0, 0.1) is 13.8 Å². The number of nitrogens with zero attached hydrogens (tertiary/aromatic N) is 2. The highest BCUT2D eigenvalue weighted by atomic mass is 15.3. The van der Waals surface area contributed by atoms with Crippen molar-refractivity contribution >= 4 is 11.8 Å². The molecule has 0 bridgehead atoms. The van der Waals surface area contributed by atoms with Crippen molar-refractivity contribution in [1.82, 2.24) is 0 Å². The van der Waals surface area contributed by atoms with Gasteiger partial charge in [0, 0.05) is 12.5 Å². The lowest BCUT2D eigenvalue weighted by atomic mass is 9.89. The molecule has 0 amide bonds. The zero-order valence-corrected chi connectivity index (χ0v) is 28.1. The van der Waals surface area contributed by atoms with Crippen molar-refractivity contribution in [1.29, 1.82) is 0 Å². The zero-order chi connectivity index (χ0) is 31.3. The lowest BCUT2D eigenvalue weighted by Gasteiger charge is -2.16. The van der Waals surface area contributed by atoms with Crippen molar-refractivity contribution < 1.29 is 4.70 Å². The number of benzene rings is 4. The van der Waals surface area contributed by atoms with Crippen LogP contribution in [-0.2, 0) is 12.8 Å². The minimum absolute atomic E-state index is 0.816. The van der Waals surface area contributed by atoms with E-state index in [-0.39, 0.29) is 0 Å². The van der Waals surface area contributed by atoms with Gasteiger partial charge in [0.1, 0.15) is 5.69 Å². The van der Waals surface area contributed by atoms with Gasteiger partial charge in [-0.2, -0.15) is 0 Å². The average molecular weight is 586 g/mol. The van der Waals surface area contributed by atoms with E-state index in [0.717, 1.165) is 31.5 Å². The van der Waals surface area contributed by atoms with E-state index >= 15 is 0 Å². The number of allylic oxidation sites excluding steroid dienone is 1. The Hall–Kier alpha value is -3.78. The number of azo groups is 2. The molecule has 0 saturated heterocycles. The molecule has 0 aromatic heterocycles. The van der Waals surface area contributed by atoms with E-state index in [9.17, 15) is 0 Å². The van der Waals surface area contributed by atoms with E-state index in [0.29, 0.717) is 0 Å². The summed E-state index contributed by atoms with van der Waals surface area (Å²) in [6.45, 7) is 14.3. The predicted octanol–water partition coefficient (Wildman–Crippen LogP) is 12.7. The van der Waals surface area contributed by atoms with Gasteiger partial charge in [0.15, 0.2) is 6.54 Å². The number of rotatable bonds is 15. The SMILES string of the molecule is CCCCCCCCc1cc(C=C(CC)[N+](CC)=Nc2cc(C)c(C)c(-c3ccccc3)c2)cc(-c2ccccc2)c1CC. The standard InChI is InChI=1S/C42H53N2/c1-7-11-12-13-14-17-26-37-28-34(30-42(40(37)9-3)36-24-20-16-21-25-36)29-39(8-2)44(10-4)43-38-27-32(5)33(6)41(31-38)35-22-18-15-19-23-35/h15-16,18-25,27-31H,7-14,17,26H2,1-6H3/q+1. The normalized spacial score (nSPS) is 12.1. The van der Waals surface area contributed by atoms with Crippen molar-refractivity contribution in [3.8, 4) is 22.3 Å². The number of unbranched alkanes of at least 4 members (excludes halogenated alkanes) is 5. The number of hydrogen-bond donors (Lipinski definition) is 0. The van der Waals surface area contributed by atoms with E-state index in [1.165, 1.54) is 94.3 Å². The highest BCUT2D eigenvalue weighted by Gasteiger charge is 2.17. The maximum atomic E-state index is 5.22. The molecule has 0 heterocycles. The van der Waals surface area contributed by atoms with Gasteiger partial charge in [-0.1, -0.05) is 124 Å². The fourth-order valence-electron chi connectivity index (χ4n) is 6.30. The molecule has 0 atom stereocenters. The average Bonchev–Trinajstić information content (AvgIpc) is 3.06. The highest BCUT2D eigenvalue weighted by molar-refractivity contribution is 5.74. The van der Waals surface area contributed by atoms with Crippen LogP contribution in [-0.4, -0.2) is 11.2 Å². The Kier molecular flexibility index (Phi) is 12.7. The first-order valence-corrected chi connectivity index (χ1v) is 17.1. The highest BCUT2D eigenvalue weighted by Crippen LogP contribution is 2.33. The molecule has 4 aromatic rings. The van der Waals surface area contributed by atoms with Crippen LogP contribution in [0.3, 0.4) is 0 Å². The first-order chi connectivity index (χ1) is 21.5. The van der Waals surface area contributed by atoms with Gasteiger partial charge in [-0.15, -0.1) is 0 Å². The quantitative estimate of drug-likeness (QED) is 0.0749. The third-order valence-corrected chi connectivity index (χ3v) is 8.90. The Morgan fingerprint density at radius 3 is 1.95 bits per heavy atom. The van der Waals surface area contributed by atoms with Crippen LogP contribution < -0.4 is 0 Å². The summed E-state index contributed by atoms with van der Waals surface area (Å²) in [7, 11) is 0. The Balaban J connectivity index is 1.74. The maximum Gasteiger partial charge on any atom is 0.208 e. The van der Waals surface area contributed by atoms with Crippen LogP contribution in [0.25, 0.3) is 28.3 Å². The summed E-state index contributed by atoms with van der Waals surface area (Å²) in [5, 5.41) is 5.22. The third kappa shape index (κ3) is 8.65. The maximum absolute atomic E-state index is 5.22. The van der Waals surface area contributed by atoms with Crippen LogP contribution in [0.2, 0.25) is 0 Å². The summed E-state index contributed by atoms with van der Waals surface area (Å²) in [4.78, 5) is 0. The number of hydrogen-bond acceptors (Lipinski definition) is 1. The molecule has 0 spiro atoms. The van der Waals surface area contributed by atoms with Crippen LogP contribution in [0.1, 0.15) is 100 Å². The molecule has 4 aromatic carbocycles. The summed E-state index contributed by atoms with van der Waals surface area (Å²) in [5.74, 6) is 0. The van der Waals surface area contributed by atoms with Crippen molar-refractivity contribution in [3.05, 3.63) is 118 Å². The predicted molar refractivity (Wildman–Crippen MR) is 191 cm³/mol. The molecule has 4 rings (SSSR count). The Labute approximate surface area is 267 Å². The molecule has 0 fully saturated rings. The molecule has 0 N–H and O–H groups in total. The fourth-order valence-corrected chi connectivity index (χ4v) is 6.30. The lowest BCUT2D eigenvalue weighted by Crippen LogP contribution is -2.08.